The second kappa shape index (κ2) is 4.23. The van der Waals surface area contributed by atoms with E-state index in [1.807, 2.05) is 0 Å². The molecule has 106 valence electrons. The summed E-state index contributed by atoms with van der Waals surface area (Å²) < 4.78 is 6.26. The minimum absolute atomic E-state index is 0.204. The van der Waals surface area contributed by atoms with Crippen molar-refractivity contribution in [2.75, 3.05) is 12.3 Å². The molecule has 2 heterocycles. The summed E-state index contributed by atoms with van der Waals surface area (Å²) in [5.41, 5.74) is 0.943. The van der Waals surface area contributed by atoms with Gasteiger partial charge in [-0.15, -0.1) is 0 Å². The van der Waals surface area contributed by atoms with Gasteiger partial charge in [0.05, 0.1) is 6.61 Å². The number of nitrogens with zero attached hydrogens (tertiary/aromatic N) is 3. The van der Waals surface area contributed by atoms with Gasteiger partial charge in [-0.1, -0.05) is 0 Å². The van der Waals surface area contributed by atoms with Crippen LogP contribution in [0.3, 0.4) is 0 Å². The van der Waals surface area contributed by atoms with Crippen LogP contribution in [0.15, 0.2) is 11.1 Å². The highest BCUT2D eigenvalue weighted by Gasteiger charge is 2.61. The number of aliphatic hydroxyl groups excluding tert-OH is 1. The maximum Gasteiger partial charge on any atom is 0.354 e. The summed E-state index contributed by atoms with van der Waals surface area (Å²) in [6, 6.07) is 0. The molecular weight excluding hydrogens is 256 g/mol. The van der Waals surface area contributed by atoms with Crippen LogP contribution in [0.25, 0.3) is 0 Å². The molecule has 0 aromatic carbocycles. The standard InChI is InChI=1S/C10H16N4O5/c1-9(17)5(3-15)19-6(10(9,2)18)14-4-12-7(11)13-8(14)16/h4-6,15,17-18H,3H2,1-2H3,(H2,11,13,16). The molecule has 2 rings (SSSR count). The Labute approximate surface area is 108 Å². The fourth-order valence-electron chi connectivity index (χ4n) is 2.07. The number of hydrogen-bond donors (Lipinski definition) is 4. The molecule has 9 nitrogen and oxygen atoms in total. The van der Waals surface area contributed by atoms with Gasteiger partial charge in [0.25, 0.3) is 0 Å². The molecule has 1 aromatic heterocycles. The number of nitrogen functional groups attached to an aromatic ring is 1. The van der Waals surface area contributed by atoms with E-state index in [4.69, 9.17) is 10.5 Å². The summed E-state index contributed by atoms with van der Waals surface area (Å²) in [5.74, 6) is -0.204. The topological polar surface area (TPSA) is 144 Å². The monoisotopic (exact) mass is 272 g/mol. The molecule has 19 heavy (non-hydrogen) atoms. The maximum absolute atomic E-state index is 11.7. The molecule has 1 saturated heterocycles. The zero-order chi connectivity index (χ0) is 14.4. The summed E-state index contributed by atoms with van der Waals surface area (Å²) >= 11 is 0. The van der Waals surface area contributed by atoms with Gasteiger partial charge in [-0.3, -0.25) is 4.57 Å². The molecule has 4 atom stereocenters. The van der Waals surface area contributed by atoms with Crippen LogP contribution in [0.5, 0.6) is 0 Å². The second-order valence-electron chi connectivity index (χ2n) is 4.86. The predicted molar refractivity (Wildman–Crippen MR) is 62.9 cm³/mol. The molecule has 0 amide bonds. The zero-order valence-electron chi connectivity index (χ0n) is 10.5. The molecule has 0 bridgehead atoms. The summed E-state index contributed by atoms with van der Waals surface area (Å²) in [4.78, 5) is 18.8. The fraction of sp³-hybridized carbons (Fsp3) is 0.700. The Bertz CT molecular complexity index is 541. The molecule has 1 fully saturated rings. The van der Waals surface area contributed by atoms with E-state index in [9.17, 15) is 20.1 Å². The maximum atomic E-state index is 11.7. The van der Waals surface area contributed by atoms with E-state index >= 15 is 0 Å². The highest BCUT2D eigenvalue weighted by Crippen LogP contribution is 2.44. The lowest BCUT2D eigenvalue weighted by Gasteiger charge is -2.34. The molecule has 1 aliphatic rings. The van der Waals surface area contributed by atoms with Crippen molar-refractivity contribution in [3.63, 3.8) is 0 Å². The van der Waals surface area contributed by atoms with Crippen LogP contribution in [0.2, 0.25) is 0 Å². The van der Waals surface area contributed by atoms with Gasteiger partial charge in [-0.05, 0) is 13.8 Å². The van der Waals surface area contributed by atoms with E-state index in [1.165, 1.54) is 13.8 Å². The Kier molecular flexibility index (Phi) is 3.09. The molecule has 1 aliphatic heterocycles. The van der Waals surface area contributed by atoms with E-state index in [1.54, 1.807) is 0 Å². The number of aromatic nitrogens is 3. The highest BCUT2D eigenvalue weighted by molar-refractivity contribution is 5.12. The smallest absolute Gasteiger partial charge is 0.354 e. The molecule has 0 aliphatic carbocycles. The Morgan fingerprint density at radius 2 is 2.11 bits per heavy atom. The predicted octanol–water partition coefficient (Wildman–Crippen LogP) is -2.39. The fourth-order valence-corrected chi connectivity index (χ4v) is 2.07. The quantitative estimate of drug-likeness (QED) is 0.467. The first-order chi connectivity index (χ1) is 8.71. The number of anilines is 1. The third-order valence-electron chi connectivity index (χ3n) is 3.59. The van der Waals surface area contributed by atoms with Gasteiger partial charge in [0.15, 0.2) is 6.23 Å². The van der Waals surface area contributed by atoms with Gasteiger partial charge < -0.3 is 25.8 Å². The molecule has 5 N–H and O–H groups in total. The van der Waals surface area contributed by atoms with Gasteiger partial charge in [0.2, 0.25) is 5.95 Å². The first-order valence-corrected chi connectivity index (χ1v) is 5.63. The third kappa shape index (κ3) is 1.91. The zero-order valence-corrected chi connectivity index (χ0v) is 10.5. The van der Waals surface area contributed by atoms with Crippen molar-refractivity contribution >= 4 is 5.95 Å². The van der Waals surface area contributed by atoms with Crippen molar-refractivity contribution in [1.82, 2.24) is 14.5 Å². The molecule has 4 unspecified atom stereocenters. The Balaban J connectivity index is 2.49. The first-order valence-electron chi connectivity index (χ1n) is 5.63. The molecule has 1 aromatic rings. The molecule has 0 spiro atoms. The summed E-state index contributed by atoms with van der Waals surface area (Å²) in [6.07, 6.45) is -1.20. The Morgan fingerprint density at radius 1 is 1.47 bits per heavy atom. The van der Waals surface area contributed by atoms with Gasteiger partial charge in [-0.25, -0.2) is 9.78 Å². The number of ether oxygens (including phenoxy) is 1. The van der Waals surface area contributed by atoms with Gasteiger partial charge in [0.1, 0.15) is 23.6 Å². The average Bonchev–Trinajstić information content (AvgIpc) is 2.47. The lowest BCUT2D eigenvalue weighted by atomic mass is 9.83. The van der Waals surface area contributed by atoms with Crippen LogP contribution in [0.1, 0.15) is 20.1 Å². The third-order valence-corrected chi connectivity index (χ3v) is 3.59. The van der Waals surface area contributed by atoms with E-state index < -0.39 is 35.8 Å². The van der Waals surface area contributed by atoms with Crippen LogP contribution in [-0.4, -0.2) is 53.8 Å². The van der Waals surface area contributed by atoms with Gasteiger partial charge in [-0.2, -0.15) is 4.98 Å². The summed E-state index contributed by atoms with van der Waals surface area (Å²) in [7, 11) is 0. The van der Waals surface area contributed by atoms with Crippen LogP contribution >= 0.6 is 0 Å². The lowest BCUT2D eigenvalue weighted by Crippen LogP contribution is -2.55. The number of rotatable bonds is 2. The summed E-state index contributed by atoms with van der Waals surface area (Å²) in [5, 5.41) is 29.8. The lowest BCUT2D eigenvalue weighted by molar-refractivity contribution is -0.136. The number of aliphatic hydroxyl groups is 3. The van der Waals surface area contributed by atoms with Crippen molar-refractivity contribution in [1.29, 1.82) is 0 Å². The van der Waals surface area contributed by atoms with E-state index in [0.717, 1.165) is 10.9 Å². The summed E-state index contributed by atoms with van der Waals surface area (Å²) in [6.45, 7) is 2.11. The molecule has 9 heteroatoms. The number of hydrogen-bond acceptors (Lipinski definition) is 8. The second-order valence-corrected chi connectivity index (χ2v) is 4.86. The minimum Gasteiger partial charge on any atom is -0.394 e. The van der Waals surface area contributed by atoms with Crippen LogP contribution in [0, 0.1) is 0 Å². The van der Waals surface area contributed by atoms with Crippen LogP contribution in [-0.2, 0) is 4.74 Å². The molecule has 0 saturated carbocycles. The van der Waals surface area contributed by atoms with Crippen molar-refractivity contribution in [2.45, 2.75) is 37.4 Å². The van der Waals surface area contributed by atoms with Crippen LogP contribution in [0.4, 0.5) is 5.95 Å². The van der Waals surface area contributed by atoms with Gasteiger partial charge in [0, 0.05) is 0 Å². The van der Waals surface area contributed by atoms with Crippen molar-refractivity contribution in [3.05, 3.63) is 16.8 Å². The normalized spacial score (nSPS) is 38.6. The van der Waals surface area contributed by atoms with Crippen molar-refractivity contribution in [3.8, 4) is 0 Å². The van der Waals surface area contributed by atoms with E-state index in [2.05, 4.69) is 9.97 Å². The largest absolute Gasteiger partial charge is 0.394 e. The van der Waals surface area contributed by atoms with E-state index in [0.29, 0.717) is 0 Å². The molecule has 0 radical (unpaired) electrons. The Hall–Kier alpha value is -1.55. The van der Waals surface area contributed by atoms with E-state index in [-0.39, 0.29) is 5.95 Å². The SMILES string of the molecule is CC1(O)C(CO)OC(n2cnc(N)nc2=O)C1(C)O. The minimum atomic E-state index is -1.82. The molecular formula is C10H16N4O5. The van der Waals surface area contributed by atoms with Gasteiger partial charge >= 0.3 is 5.69 Å². The van der Waals surface area contributed by atoms with Crippen molar-refractivity contribution < 1.29 is 20.1 Å². The average molecular weight is 272 g/mol. The van der Waals surface area contributed by atoms with Crippen LogP contribution < -0.4 is 11.4 Å². The Morgan fingerprint density at radius 3 is 2.58 bits per heavy atom. The number of nitrogens with two attached hydrogens (primary N) is 1. The van der Waals surface area contributed by atoms with Crippen molar-refractivity contribution in [2.24, 2.45) is 0 Å². The first kappa shape index (κ1) is 13.9. The highest BCUT2D eigenvalue weighted by atomic mass is 16.6.